The van der Waals surface area contributed by atoms with Gasteiger partial charge in [0.2, 0.25) is 11.9 Å². The summed E-state index contributed by atoms with van der Waals surface area (Å²) in [6.07, 6.45) is 3.61. The minimum atomic E-state index is -0.170. The van der Waals surface area contributed by atoms with Crippen molar-refractivity contribution in [3.8, 4) is 11.3 Å². The lowest BCUT2D eigenvalue weighted by atomic mass is 10.1. The zero-order chi connectivity index (χ0) is 18.1. The van der Waals surface area contributed by atoms with Crippen molar-refractivity contribution in [1.82, 2.24) is 14.9 Å². The summed E-state index contributed by atoms with van der Waals surface area (Å²) in [5, 5.41) is 2.40. The molecule has 2 heterocycles. The maximum atomic E-state index is 12.5. The smallest absolute Gasteiger partial charge is 0.244 e. The summed E-state index contributed by atoms with van der Waals surface area (Å²) in [7, 11) is 3.59. The van der Waals surface area contributed by atoms with Gasteiger partial charge < -0.3 is 9.80 Å². The summed E-state index contributed by atoms with van der Waals surface area (Å²) in [6.45, 7) is 0.811. The topological polar surface area (TPSA) is 49.3 Å². The van der Waals surface area contributed by atoms with Gasteiger partial charge in [0.25, 0.3) is 0 Å². The second-order valence-corrected chi connectivity index (χ2v) is 6.89. The third-order valence-corrected chi connectivity index (χ3v) is 4.92. The van der Waals surface area contributed by atoms with Crippen LogP contribution in [0.1, 0.15) is 12.8 Å². The molecular weight excluding hydrogens is 324 g/mol. The van der Waals surface area contributed by atoms with Gasteiger partial charge >= 0.3 is 0 Å². The summed E-state index contributed by atoms with van der Waals surface area (Å²) in [6, 6.07) is 16.4. The number of benzene rings is 2. The number of rotatable bonds is 3. The van der Waals surface area contributed by atoms with Gasteiger partial charge in [-0.2, -0.15) is 0 Å². The Hall–Kier alpha value is -2.95. The molecule has 1 fully saturated rings. The molecule has 0 aliphatic carbocycles. The first-order valence-electron chi connectivity index (χ1n) is 8.93. The highest BCUT2D eigenvalue weighted by Crippen LogP contribution is 2.27. The number of anilines is 1. The average molecular weight is 346 g/mol. The lowest BCUT2D eigenvalue weighted by Crippen LogP contribution is -2.43. The molecule has 2 aromatic carbocycles. The van der Waals surface area contributed by atoms with Crippen molar-refractivity contribution < 1.29 is 4.79 Å². The van der Waals surface area contributed by atoms with Crippen LogP contribution in [-0.2, 0) is 4.79 Å². The monoisotopic (exact) mass is 346 g/mol. The first kappa shape index (κ1) is 16.5. The molecule has 1 saturated heterocycles. The molecule has 132 valence electrons. The van der Waals surface area contributed by atoms with Crippen molar-refractivity contribution in [2.75, 3.05) is 25.5 Å². The van der Waals surface area contributed by atoms with E-state index in [0.29, 0.717) is 5.95 Å². The van der Waals surface area contributed by atoms with E-state index in [2.05, 4.69) is 35.3 Å². The molecule has 1 aliphatic rings. The van der Waals surface area contributed by atoms with Gasteiger partial charge in [0.05, 0.1) is 5.69 Å². The molecule has 26 heavy (non-hydrogen) atoms. The second-order valence-electron chi connectivity index (χ2n) is 6.89. The van der Waals surface area contributed by atoms with Gasteiger partial charge in [-0.25, -0.2) is 9.97 Å². The number of hydrogen-bond acceptors (Lipinski definition) is 4. The Morgan fingerprint density at radius 1 is 1.12 bits per heavy atom. The lowest BCUT2D eigenvalue weighted by Gasteiger charge is -2.26. The van der Waals surface area contributed by atoms with Crippen LogP contribution in [0.2, 0.25) is 0 Å². The predicted molar refractivity (Wildman–Crippen MR) is 104 cm³/mol. The minimum absolute atomic E-state index is 0.113. The lowest BCUT2D eigenvalue weighted by molar-refractivity contribution is -0.129. The Kier molecular flexibility index (Phi) is 4.29. The number of fused-ring (bicyclic) bond motifs is 1. The number of aromatic nitrogens is 2. The molecule has 0 saturated carbocycles. The van der Waals surface area contributed by atoms with Crippen LogP contribution in [0, 0.1) is 0 Å². The molecule has 0 radical (unpaired) electrons. The average Bonchev–Trinajstić information content (AvgIpc) is 3.16. The van der Waals surface area contributed by atoms with E-state index < -0.39 is 0 Å². The fourth-order valence-corrected chi connectivity index (χ4v) is 3.56. The summed E-state index contributed by atoms with van der Waals surface area (Å²) < 4.78 is 0. The molecule has 0 N–H and O–H groups in total. The SMILES string of the molecule is CN(C)C(=O)[C@H]1CCCN1c1nccc(-c2ccc3ccccc3c2)n1. The van der Waals surface area contributed by atoms with E-state index in [1.165, 1.54) is 10.8 Å². The van der Waals surface area contributed by atoms with Crippen LogP contribution in [0.4, 0.5) is 5.95 Å². The van der Waals surface area contributed by atoms with Crippen molar-refractivity contribution in [1.29, 1.82) is 0 Å². The largest absolute Gasteiger partial charge is 0.347 e. The van der Waals surface area contributed by atoms with Crippen molar-refractivity contribution in [3.63, 3.8) is 0 Å². The number of amides is 1. The molecule has 1 aliphatic heterocycles. The summed E-state index contributed by atoms with van der Waals surface area (Å²) in [5.41, 5.74) is 1.94. The molecule has 0 bridgehead atoms. The van der Waals surface area contributed by atoms with Crippen LogP contribution in [-0.4, -0.2) is 47.5 Å². The van der Waals surface area contributed by atoms with Gasteiger partial charge in [-0.3, -0.25) is 4.79 Å². The Morgan fingerprint density at radius 2 is 1.92 bits per heavy atom. The van der Waals surface area contributed by atoms with Crippen LogP contribution < -0.4 is 4.90 Å². The zero-order valence-electron chi connectivity index (χ0n) is 15.1. The maximum absolute atomic E-state index is 12.5. The minimum Gasteiger partial charge on any atom is -0.347 e. The van der Waals surface area contributed by atoms with Crippen LogP contribution >= 0.6 is 0 Å². The van der Waals surface area contributed by atoms with E-state index in [1.54, 1.807) is 25.2 Å². The van der Waals surface area contributed by atoms with Crippen molar-refractivity contribution in [3.05, 3.63) is 54.7 Å². The van der Waals surface area contributed by atoms with E-state index in [0.717, 1.165) is 30.6 Å². The second kappa shape index (κ2) is 6.75. The van der Waals surface area contributed by atoms with E-state index in [-0.39, 0.29) is 11.9 Å². The van der Waals surface area contributed by atoms with Gasteiger partial charge in [0.1, 0.15) is 6.04 Å². The van der Waals surface area contributed by atoms with Crippen LogP contribution in [0.3, 0.4) is 0 Å². The van der Waals surface area contributed by atoms with Crippen molar-refractivity contribution in [2.24, 2.45) is 0 Å². The molecular formula is C21H22N4O. The highest BCUT2D eigenvalue weighted by atomic mass is 16.2. The molecule has 4 rings (SSSR count). The van der Waals surface area contributed by atoms with Crippen LogP contribution in [0.15, 0.2) is 54.7 Å². The third kappa shape index (κ3) is 3.01. The molecule has 1 amide bonds. The Balaban J connectivity index is 1.68. The fraction of sp³-hybridized carbons (Fsp3) is 0.286. The maximum Gasteiger partial charge on any atom is 0.244 e. The normalized spacial score (nSPS) is 16.8. The number of carbonyl (C=O) groups is 1. The van der Waals surface area contributed by atoms with Gasteiger partial charge in [0.15, 0.2) is 0 Å². The Labute approximate surface area is 153 Å². The predicted octanol–water partition coefficient (Wildman–Crippen LogP) is 3.35. The number of nitrogens with zero attached hydrogens (tertiary/aromatic N) is 4. The van der Waals surface area contributed by atoms with E-state index in [9.17, 15) is 4.79 Å². The molecule has 0 spiro atoms. The summed E-state index contributed by atoms with van der Waals surface area (Å²) >= 11 is 0. The highest BCUT2D eigenvalue weighted by Gasteiger charge is 2.33. The van der Waals surface area contributed by atoms with E-state index in [4.69, 9.17) is 4.98 Å². The third-order valence-electron chi connectivity index (χ3n) is 4.92. The molecule has 0 unspecified atom stereocenters. The van der Waals surface area contributed by atoms with Crippen LogP contribution in [0.5, 0.6) is 0 Å². The quantitative estimate of drug-likeness (QED) is 0.730. The molecule has 1 atom stereocenters. The van der Waals surface area contributed by atoms with E-state index >= 15 is 0 Å². The van der Waals surface area contributed by atoms with Gasteiger partial charge in [-0.05, 0) is 35.7 Å². The number of carbonyl (C=O) groups excluding carboxylic acids is 1. The van der Waals surface area contributed by atoms with Crippen molar-refractivity contribution in [2.45, 2.75) is 18.9 Å². The first-order valence-corrected chi connectivity index (χ1v) is 8.93. The van der Waals surface area contributed by atoms with E-state index in [1.807, 2.05) is 23.1 Å². The standard InChI is InChI=1S/C21H22N4O/c1-24(2)20(26)19-8-5-13-25(19)21-22-12-11-18(23-21)17-10-9-15-6-3-4-7-16(15)14-17/h3-4,6-7,9-12,14,19H,5,8,13H2,1-2H3/t19-/m1/s1. The highest BCUT2D eigenvalue weighted by molar-refractivity contribution is 5.87. The van der Waals surface area contributed by atoms with Gasteiger partial charge in [-0.15, -0.1) is 0 Å². The Bertz CT molecular complexity index is 953. The number of likely N-dealkylation sites (N-methyl/N-ethyl adjacent to an activating group) is 1. The summed E-state index contributed by atoms with van der Waals surface area (Å²) in [5.74, 6) is 0.746. The molecule has 5 heteroatoms. The Morgan fingerprint density at radius 3 is 2.73 bits per heavy atom. The summed E-state index contributed by atoms with van der Waals surface area (Å²) in [4.78, 5) is 25.4. The van der Waals surface area contributed by atoms with Gasteiger partial charge in [0, 0.05) is 32.4 Å². The molecule has 1 aromatic heterocycles. The van der Waals surface area contributed by atoms with Crippen molar-refractivity contribution >= 4 is 22.6 Å². The molecule has 5 nitrogen and oxygen atoms in total. The zero-order valence-corrected chi connectivity index (χ0v) is 15.1. The van der Waals surface area contributed by atoms with Crippen LogP contribution in [0.25, 0.3) is 22.0 Å². The molecule has 3 aromatic rings. The van der Waals surface area contributed by atoms with Gasteiger partial charge in [-0.1, -0.05) is 36.4 Å². The first-order chi connectivity index (χ1) is 12.6. The fourth-order valence-electron chi connectivity index (χ4n) is 3.56. The number of hydrogen-bond donors (Lipinski definition) is 0.